The summed E-state index contributed by atoms with van der Waals surface area (Å²) in [5, 5.41) is 10.6. The number of carbonyl (C=O) groups is 2. The van der Waals surface area contributed by atoms with E-state index < -0.39 is 0 Å². The second-order valence-corrected chi connectivity index (χ2v) is 7.19. The van der Waals surface area contributed by atoms with Crippen LogP contribution < -0.4 is 10.1 Å². The van der Waals surface area contributed by atoms with E-state index in [1.807, 2.05) is 29.2 Å². The minimum absolute atomic E-state index is 0.0936. The lowest BCUT2D eigenvalue weighted by atomic mass is 9.80. The monoisotopic (exact) mass is 366 g/mol. The Hall–Kier alpha value is -2.96. The predicted octanol–water partition coefficient (Wildman–Crippen LogP) is 2.11. The molecule has 4 rings (SSSR count). The zero-order valence-corrected chi connectivity index (χ0v) is 15.2. The number of amides is 2. The number of ether oxygens (including phenoxy) is 1. The molecule has 0 saturated carbocycles. The normalized spacial score (nSPS) is 20.5. The molecule has 2 aliphatic heterocycles. The van der Waals surface area contributed by atoms with Crippen molar-refractivity contribution < 1.29 is 14.3 Å². The first-order valence-corrected chi connectivity index (χ1v) is 9.17. The molecule has 0 aliphatic carbocycles. The second kappa shape index (κ2) is 6.98. The van der Waals surface area contributed by atoms with Crippen molar-refractivity contribution in [2.24, 2.45) is 0 Å². The summed E-state index contributed by atoms with van der Waals surface area (Å²) in [5.74, 6) is 0.720. The minimum Gasteiger partial charge on any atom is -0.487 e. The van der Waals surface area contributed by atoms with Gasteiger partial charge in [0.2, 0.25) is 5.91 Å². The Kier molecular flexibility index (Phi) is 4.51. The van der Waals surface area contributed by atoms with Crippen LogP contribution in [0.3, 0.4) is 0 Å². The molecular formula is C20H22N4O3. The highest BCUT2D eigenvalue weighted by atomic mass is 16.5. The van der Waals surface area contributed by atoms with Crippen molar-refractivity contribution in [3.63, 3.8) is 0 Å². The maximum absolute atomic E-state index is 12.7. The van der Waals surface area contributed by atoms with E-state index in [9.17, 15) is 9.59 Å². The summed E-state index contributed by atoms with van der Waals surface area (Å²) in [6, 6.07) is 9.32. The number of piperidine rings is 1. The number of hydrogen-bond donors (Lipinski definition) is 1. The third-order valence-corrected chi connectivity index (χ3v) is 5.47. The fourth-order valence-corrected chi connectivity index (χ4v) is 3.95. The van der Waals surface area contributed by atoms with E-state index in [2.05, 4.69) is 15.5 Å². The molecule has 7 nitrogen and oxygen atoms in total. The molecule has 1 aromatic heterocycles. The van der Waals surface area contributed by atoms with E-state index in [1.54, 1.807) is 13.0 Å². The van der Waals surface area contributed by atoms with Crippen LogP contribution in [0.1, 0.15) is 48.1 Å². The average Bonchev–Trinajstić information content (AvgIpc) is 2.69. The number of nitrogens with zero attached hydrogens (tertiary/aromatic N) is 3. The molecule has 1 fully saturated rings. The summed E-state index contributed by atoms with van der Waals surface area (Å²) >= 11 is 0. The molecule has 1 spiro atoms. The lowest BCUT2D eigenvalue weighted by molar-refractivity contribution is -0.132. The summed E-state index contributed by atoms with van der Waals surface area (Å²) in [7, 11) is 0. The van der Waals surface area contributed by atoms with E-state index in [1.165, 1.54) is 12.4 Å². The van der Waals surface area contributed by atoms with Crippen molar-refractivity contribution in [1.82, 2.24) is 20.4 Å². The Morgan fingerprint density at radius 1 is 1.19 bits per heavy atom. The van der Waals surface area contributed by atoms with Crippen molar-refractivity contribution in [1.29, 1.82) is 0 Å². The number of aromatic nitrogens is 2. The molecule has 3 heterocycles. The van der Waals surface area contributed by atoms with Gasteiger partial charge in [0.05, 0.1) is 24.0 Å². The standard InChI is InChI=1S/C20H22N4O3/c1-14(25)24-10-7-20(8-11-24)12-17(16-4-2-3-5-18(16)27-20)23-19(26)15-6-9-21-22-13-15/h2-6,9,13,17H,7-8,10-12H2,1H3,(H,23,26). The number of para-hydroxylation sites is 1. The number of likely N-dealkylation sites (tertiary alicyclic amines) is 1. The topological polar surface area (TPSA) is 84.4 Å². The molecule has 2 amide bonds. The highest BCUT2D eigenvalue weighted by molar-refractivity contribution is 5.94. The lowest BCUT2D eigenvalue weighted by Gasteiger charge is -2.46. The Bertz CT molecular complexity index is 847. The van der Waals surface area contributed by atoms with Gasteiger partial charge in [0.1, 0.15) is 11.4 Å². The van der Waals surface area contributed by atoms with Crippen molar-refractivity contribution in [3.05, 3.63) is 53.9 Å². The van der Waals surface area contributed by atoms with Crippen LogP contribution in [0.15, 0.2) is 42.7 Å². The van der Waals surface area contributed by atoms with E-state index in [4.69, 9.17) is 4.74 Å². The van der Waals surface area contributed by atoms with Gasteiger partial charge in [-0.25, -0.2) is 0 Å². The molecule has 7 heteroatoms. The Labute approximate surface area is 157 Å². The lowest BCUT2D eigenvalue weighted by Crippen LogP contribution is -2.53. The first-order chi connectivity index (χ1) is 13.1. The summed E-state index contributed by atoms with van der Waals surface area (Å²) in [6.07, 6.45) is 5.15. The van der Waals surface area contributed by atoms with Crippen LogP contribution in [0.25, 0.3) is 0 Å². The van der Waals surface area contributed by atoms with Gasteiger partial charge in [0.25, 0.3) is 5.91 Å². The number of carbonyl (C=O) groups excluding carboxylic acids is 2. The molecule has 2 aliphatic rings. The SMILES string of the molecule is CC(=O)N1CCC2(CC1)CC(NC(=O)c1ccnnc1)c1ccccc1O2. The van der Waals surface area contributed by atoms with Gasteiger partial charge < -0.3 is 15.0 Å². The molecule has 0 radical (unpaired) electrons. The Morgan fingerprint density at radius 2 is 1.96 bits per heavy atom. The van der Waals surface area contributed by atoms with Crippen LogP contribution in [0, 0.1) is 0 Å². The van der Waals surface area contributed by atoms with Crippen LogP contribution in [0.2, 0.25) is 0 Å². The molecule has 1 atom stereocenters. The number of fused-ring (bicyclic) bond motifs is 1. The highest BCUT2D eigenvalue weighted by Gasteiger charge is 2.44. The molecule has 1 saturated heterocycles. The summed E-state index contributed by atoms with van der Waals surface area (Å²) in [5.41, 5.74) is 1.09. The molecule has 27 heavy (non-hydrogen) atoms. The van der Waals surface area contributed by atoms with Gasteiger partial charge in [-0.1, -0.05) is 18.2 Å². The number of rotatable bonds is 2. The fourth-order valence-electron chi connectivity index (χ4n) is 3.95. The highest BCUT2D eigenvalue weighted by Crippen LogP contribution is 2.44. The van der Waals surface area contributed by atoms with E-state index in [0.717, 1.165) is 24.2 Å². The molecule has 0 bridgehead atoms. The summed E-state index contributed by atoms with van der Waals surface area (Å²) in [4.78, 5) is 26.2. The van der Waals surface area contributed by atoms with Crippen molar-refractivity contribution in [2.75, 3.05) is 13.1 Å². The van der Waals surface area contributed by atoms with Gasteiger partial charge in [-0.2, -0.15) is 10.2 Å². The van der Waals surface area contributed by atoms with Gasteiger partial charge >= 0.3 is 0 Å². The third-order valence-electron chi connectivity index (χ3n) is 5.47. The predicted molar refractivity (Wildman–Crippen MR) is 98.1 cm³/mol. The minimum atomic E-state index is -0.366. The molecular weight excluding hydrogens is 344 g/mol. The zero-order valence-electron chi connectivity index (χ0n) is 15.2. The van der Waals surface area contributed by atoms with Crippen LogP contribution >= 0.6 is 0 Å². The number of nitrogens with one attached hydrogen (secondary N) is 1. The van der Waals surface area contributed by atoms with Crippen molar-refractivity contribution in [3.8, 4) is 5.75 Å². The van der Waals surface area contributed by atoms with Crippen LogP contribution in [-0.2, 0) is 4.79 Å². The van der Waals surface area contributed by atoms with E-state index in [-0.39, 0.29) is 23.5 Å². The first-order valence-electron chi connectivity index (χ1n) is 9.17. The van der Waals surface area contributed by atoms with Gasteiger partial charge in [-0.3, -0.25) is 9.59 Å². The van der Waals surface area contributed by atoms with Gasteiger partial charge in [0.15, 0.2) is 0 Å². The number of benzene rings is 1. The molecule has 1 unspecified atom stereocenters. The average molecular weight is 366 g/mol. The van der Waals surface area contributed by atoms with Crippen LogP contribution in [-0.4, -0.2) is 45.6 Å². The van der Waals surface area contributed by atoms with E-state index in [0.29, 0.717) is 25.1 Å². The van der Waals surface area contributed by atoms with Crippen molar-refractivity contribution in [2.45, 2.75) is 37.8 Å². The second-order valence-electron chi connectivity index (χ2n) is 7.19. The maximum atomic E-state index is 12.7. The number of hydrogen-bond acceptors (Lipinski definition) is 5. The van der Waals surface area contributed by atoms with Crippen LogP contribution in [0.5, 0.6) is 5.75 Å². The molecule has 1 aromatic carbocycles. The zero-order chi connectivity index (χ0) is 18.9. The van der Waals surface area contributed by atoms with Crippen LogP contribution in [0.4, 0.5) is 0 Å². The smallest absolute Gasteiger partial charge is 0.253 e. The molecule has 2 aromatic rings. The molecule has 1 N–H and O–H groups in total. The maximum Gasteiger partial charge on any atom is 0.253 e. The van der Waals surface area contributed by atoms with Gasteiger partial charge in [-0.05, 0) is 12.1 Å². The van der Waals surface area contributed by atoms with Gasteiger partial charge in [-0.15, -0.1) is 0 Å². The summed E-state index contributed by atoms with van der Waals surface area (Å²) in [6.45, 7) is 2.94. The third kappa shape index (κ3) is 3.49. The first kappa shape index (κ1) is 17.5. The Morgan fingerprint density at radius 3 is 2.67 bits per heavy atom. The van der Waals surface area contributed by atoms with Crippen molar-refractivity contribution >= 4 is 11.8 Å². The summed E-state index contributed by atoms with van der Waals surface area (Å²) < 4.78 is 6.39. The Balaban J connectivity index is 1.57. The largest absolute Gasteiger partial charge is 0.487 e. The van der Waals surface area contributed by atoms with E-state index >= 15 is 0 Å². The molecule has 140 valence electrons. The quantitative estimate of drug-likeness (QED) is 0.880. The fraction of sp³-hybridized carbons (Fsp3) is 0.400. The van der Waals surface area contributed by atoms with Gasteiger partial charge in [0, 0.05) is 44.8 Å².